The molecule has 0 bridgehead atoms. The molecule has 22 heavy (non-hydrogen) atoms. The summed E-state index contributed by atoms with van der Waals surface area (Å²) in [5.41, 5.74) is 0.632. The highest BCUT2D eigenvalue weighted by Crippen LogP contribution is 2.34. The van der Waals surface area contributed by atoms with Crippen molar-refractivity contribution < 1.29 is 9.50 Å². The zero-order valence-electron chi connectivity index (χ0n) is 11.9. The lowest BCUT2D eigenvalue weighted by molar-refractivity contribution is 0.197. The van der Waals surface area contributed by atoms with E-state index in [2.05, 4.69) is 10.2 Å². The van der Waals surface area contributed by atoms with Crippen LogP contribution < -0.4 is 5.32 Å². The van der Waals surface area contributed by atoms with Gasteiger partial charge < -0.3 is 10.4 Å². The number of phenols is 1. The number of nitrogens with one attached hydrogen (secondary N) is 1. The maximum atomic E-state index is 14.2. The first-order valence-electron chi connectivity index (χ1n) is 6.72. The van der Waals surface area contributed by atoms with Crippen LogP contribution in [0.1, 0.15) is 16.5 Å². The van der Waals surface area contributed by atoms with Gasteiger partial charge in [0.1, 0.15) is 11.6 Å². The third-order valence-electron chi connectivity index (χ3n) is 3.61. The Bertz CT molecular complexity index is 577. The van der Waals surface area contributed by atoms with E-state index in [0.717, 1.165) is 31.1 Å². The lowest BCUT2D eigenvalue weighted by atomic mass is 10.0. The number of hydrogen-bond donors (Lipinski definition) is 2. The van der Waals surface area contributed by atoms with Gasteiger partial charge in [-0.3, -0.25) is 4.90 Å². The van der Waals surface area contributed by atoms with Gasteiger partial charge in [0.25, 0.3) is 0 Å². The third-order valence-corrected chi connectivity index (χ3v) is 4.53. The molecular formula is C15H19Cl2FN2OS. The zero-order chi connectivity index (χ0) is 13.9. The summed E-state index contributed by atoms with van der Waals surface area (Å²) in [6, 6.07) is 8.41. The average molecular weight is 365 g/mol. The quantitative estimate of drug-likeness (QED) is 0.875. The first-order chi connectivity index (χ1) is 9.75. The van der Waals surface area contributed by atoms with Gasteiger partial charge in [-0.2, -0.15) is 0 Å². The van der Waals surface area contributed by atoms with Gasteiger partial charge in [-0.05, 0) is 17.5 Å². The van der Waals surface area contributed by atoms with E-state index in [1.807, 2.05) is 17.5 Å². The second kappa shape index (κ2) is 8.70. The Kier molecular flexibility index (Phi) is 7.59. The highest BCUT2D eigenvalue weighted by molar-refractivity contribution is 7.10. The zero-order valence-corrected chi connectivity index (χ0v) is 14.3. The number of benzene rings is 1. The summed E-state index contributed by atoms with van der Waals surface area (Å²) in [5, 5.41) is 14.7. The summed E-state index contributed by atoms with van der Waals surface area (Å²) in [7, 11) is 0. The van der Waals surface area contributed by atoms with Crippen molar-refractivity contribution >= 4 is 36.2 Å². The molecule has 7 heteroatoms. The van der Waals surface area contributed by atoms with Gasteiger partial charge in [-0.15, -0.1) is 36.2 Å². The largest absolute Gasteiger partial charge is 0.508 e. The SMILES string of the molecule is Cl.Cl.Oc1ccc([C@@H](c2cccs2)N2CCNCC2)c(F)c1. The molecule has 0 unspecified atom stereocenters. The number of hydrogen-bond acceptors (Lipinski definition) is 4. The van der Waals surface area contributed by atoms with Crippen molar-refractivity contribution in [3.05, 3.63) is 52.0 Å². The number of phenolic OH excluding ortho intramolecular Hbond substituents is 1. The molecule has 1 aliphatic rings. The van der Waals surface area contributed by atoms with Crippen molar-refractivity contribution in [3.63, 3.8) is 0 Å². The molecule has 0 saturated carbocycles. The van der Waals surface area contributed by atoms with Crippen LogP contribution in [0, 0.1) is 5.82 Å². The molecule has 0 spiro atoms. The van der Waals surface area contributed by atoms with E-state index in [1.165, 1.54) is 6.07 Å². The smallest absolute Gasteiger partial charge is 0.132 e. The summed E-state index contributed by atoms with van der Waals surface area (Å²) in [4.78, 5) is 3.43. The Hall–Kier alpha value is -0.850. The number of thiophene rings is 1. The van der Waals surface area contributed by atoms with Crippen LogP contribution in [0.5, 0.6) is 5.75 Å². The highest BCUT2D eigenvalue weighted by Gasteiger charge is 2.27. The maximum Gasteiger partial charge on any atom is 0.132 e. The Labute approximate surface area is 146 Å². The van der Waals surface area contributed by atoms with Crippen LogP contribution in [0.3, 0.4) is 0 Å². The molecule has 3 rings (SSSR count). The fraction of sp³-hybridized carbons (Fsp3) is 0.333. The molecule has 0 aliphatic carbocycles. The van der Waals surface area contributed by atoms with Crippen LogP contribution in [-0.2, 0) is 0 Å². The number of aromatic hydroxyl groups is 1. The molecule has 1 aliphatic heterocycles. The molecule has 2 aromatic rings. The van der Waals surface area contributed by atoms with Crippen molar-refractivity contribution in [1.82, 2.24) is 10.2 Å². The van der Waals surface area contributed by atoms with Gasteiger partial charge >= 0.3 is 0 Å². The van der Waals surface area contributed by atoms with Crippen LogP contribution in [0.2, 0.25) is 0 Å². The molecule has 1 aromatic carbocycles. The molecule has 0 amide bonds. The van der Waals surface area contributed by atoms with Crippen molar-refractivity contribution in [2.75, 3.05) is 26.2 Å². The van der Waals surface area contributed by atoms with E-state index in [4.69, 9.17) is 0 Å². The Morgan fingerprint density at radius 1 is 1.18 bits per heavy atom. The van der Waals surface area contributed by atoms with Crippen LogP contribution >= 0.6 is 36.2 Å². The van der Waals surface area contributed by atoms with Crippen LogP contribution in [0.4, 0.5) is 4.39 Å². The summed E-state index contributed by atoms with van der Waals surface area (Å²) in [5.74, 6) is -0.376. The average Bonchev–Trinajstić information content (AvgIpc) is 2.97. The van der Waals surface area contributed by atoms with E-state index < -0.39 is 0 Å². The molecule has 1 fully saturated rings. The lowest BCUT2D eigenvalue weighted by Crippen LogP contribution is -2.45. The molecule has 1 atom stereocenters. The molecule has 122 valence electrons. The number of rotatable bonds is 3. The number of halogens is 3. The Morgan fingerprint density at radius 2 is 1.91 bits per heavy atom. The third kappa shape index (κ3) is 4.12. The minimum atomic E-state index is -0.345. The molecule has 1 aromatic heterocycles. The fourth-order valence-corrected chi connectivity index (χ4v) is 3.53. The van der Waals surface area contributed by atoms with Crippen LogP contribution in [0.25, 0.3) is 0 Å². The molecule has 2 N–H and O–H groups in total. The predicted molar refractivity (Wildman–Crippen MR) is 93.2 cm³/mol. The number of nitrogens with zero attached hydrogens (tertiary/aromatic N) is 1. The molecular weight excluding hydrogens is 346 g/mol. The van der Waals surface area contributed by atoms with E-state index >= 15 is 0 Å². The van der Waals surface area contributed by atoms with E-state index in [9.17, 15) is 9.50 Å². The van der Waals surface area contributed by atoms with Crippen molar-refractivity contribution in [2.24, 2.45) is 0 Å². The fourth-order valence-electron chi connectivity index (χ4n) is 2.65. The molecule has 0 radical (unpaired) electrons. The minimum absolute atomic E-state index is 0. The Morgan fingerprint density at radius 3 is 2.50 bits per heavy atom. The molecule has 2 heterocycles. The van der Waals surface area contributed by atoms with E-state index in [-0.39, 0.29) is 42.4 Å². The summed E-state index contributed by atoms with van der Waals surface area (Å²) >= 11 is 1.64. The van der Waals surface area contributed by atoms with Gasteiger partial charge in [0.05, 0.1) is 6.04 Å². The Balaban J connectivity index is 0.00000121. The van der Waals surface area contributed by atoms with Crippen molar-refractivity contribution in [3.8, 4) is 5.75 Å². The van der Waals surface area contributed by atoms with Crippen LogP contribution in [0.15, 0.2) is 35.7 Å². The molecule has 1 saturated heterocycles. The second-order valence-electron chi connectivity index (χ2n) is 4.91. The van der Waals surface area contributed by atoms with Gasteiger partial charge in [-0.25, -0.2) is 4.39 Å². The highest BCUT2D eigenvalue weighted by atomic mass is 35.5. The van der Waals surface area contributed by atoms with Crippen molar-refractivity contribution in [2.45, 2.75) is 6.04 Å². The van der Waals surface area contributed by atoms with E-state index in [1.54, 1.807) is 23.5 Å². The summed E-state index contributed by atoms with van der Waals surface area (Å²) in [6.07, 6.45) is 0. The monoisotopic (exact) mass is 364 g/mol. The van der Waals surface area contributed by atoms with Gasteiger partial charge in [0, 0.05) is 42.7 Å². The normalized spacial score (nSPS) is 16.4. The van der Waals surface area contributed by atoms with Crippen LogP contribution in [-0.4, -0.2) is 36.2 Å². The van der Waals surface area contributed by atoms with Gasteiger partial charge in [-0.1, -0.05) is 12.1 Å². The van der Waals surface area contributed by atoms with Gasteiger partial charge in [0.15, 0.2) is 0 Å². The first kappa shape index (κ1) is 19.2. The summed E-state index contributed by atoms with van der Waals surface area (Å²) in [6.45, 7) is 3.62. The number of piperazine rings is 1. The van der Waals surface area contributed by atoms with Crippen molar-refractivity contribution in [1.29, 1.82) is 0 Å². The lowest BCUT2D eigenvalue weighted by Gasteiger charge is -2.34. The predicted octanol–water partition coefficient (Wildman–Crippen LogP) is 3.43. The maximum absolute atomic E-state index is 14.2. The van der Waals surface area contributed by atoms with E-state index in [0.29, 0.717) is 5.56 Å². The second-order valence-corrected chi connectivity index (χ2v) is 5.89. The first-order valence-corrected chi connectivity index (χ1v) is 7.60. The van der Waals surface area contributed by atoms with Gasteiger partial charge in [0.2, 0.25) is 0 Å². The minimum Gasteiger partial charge on any atom is -0.508 e. The molecule has 3 nitrogen and oxygen atoms in total. The standard InChI is InChI=1S/C15H17FN2OS.2ClH/c16-13-10-11(19)3-4-12(13)15(14-2-1-9-20-14)18-7-5-17-6-8-18;;/h1-4,9-10,15,17,19H,5-8H2;2*1H/t15-;;/m0../s1. The summed E-state index contributed by atoms with van der Waals surface area (Å²) < 4.78 is 14.2. The topological polar surface area (TPSA) is 35.5 Å².